The van der Waals surface area contributed by atoms with E-state index in [1.165, 1.54) is 0 Å². The first-order valence-corrected chi connectivity index (χ1v) is 10.0. The van der Waals surface area contributed by atoms with E-state index < -0.39 is 70.1 Å². The van der Waals surface area contributed by atoms with Crippen molar-refractivity contribution >= 4 is 17.4 Å². The normalized spacial score (nSPS) is 11.6. The zero-order valence-electron chi connectivity index (χ0n) is 18.1. The number of hydrogen-bond donors (Lipinski definition) is 2. The molecule has 0 atom stereocenters. The van der Waals surface area contributed by atoms with Gasteiger partial charge in [-0.05, 0) is 30.3 Å². The van der Waals surface area contributed by atoms with Crippen LogP contribution in [0.1, 0.15) is 28.0 Å². The van der Waals surface area contributed by atoms with Crippen molar-refractivity contribution in [2.24, 2.45) is 0 Å². The number of carbonyl (C=O) groups excluding carboxylic acids is 1. The standard InChI is InChI=1S/C22H13F7N6O2/c23-12-2-1-6-32-20(12)35-17(22(27,28)29)11(9-33-35)21(36)34-10-3-4-14(13(24)8-10)37-15-5-7-31-19(30)16(15)18(25)26/h1-9,18H,(H2,30,31)(H,34,36). The molecular formula is C22H13F7N6O2. The Bertz CT molecular complexity index is 1470. The Labute approximate surface area is 202 Å². The molecule has 0 aliphatic heterocycles. The van der Waals surface area contributed by atoms with E-state index in [2.05, 4.69) is 20.4 Å². The number of nitrogens with two attached hydrogens (primary N) is 1. The maximum absolute atomic E-state index is 14.6. The van der Waals surface area contributed by atoms with Crippen molar-refractivity contribution in [3.8, 4) is 17.3 Å². The van der Waals surface area contributed by atoms with Crippen LogP contribution < -0.4 is 15.8 Å². The summed E-state index contributed by atoms with van der Waals surface area (Å²) in [6, 6.07) is 5.75. The topological polar surface area (TPSA) is 108 Å². The molecule has 0 bridgehead atoms. The van der Waals surface area contributed by atoms with Crippen LogP contribution >= 0.6 is 0 Å². The highest BCUT2D eigenvalue weighted by atomic mass is 19.4. The maximum atomic E-state index is 14.6. The lowest BCUT2D eigenvalue weighted by atomic mass is 10.2. The number of carbonyl (C=O) groups is 1. The molecular weight excluding hydrogens is 513 g/mol. The largest absolute Gasteiger partial charge is 0.454 e. The summed E-state index contributed by atoms with van der Waals surface area (Å²) in [5.41, 5.74) is 1.74. The van der Waals surface area contributed by atoms with Crippen LogP contribution in [-0.2, 0) is 6.18 Å². The Kier molecular flexibility index (Phi) is 6.70. The molecule has 0 radical (unpaired) electrons. The summed E-state index contributed by atoms with van der Waals surface area (Å²) < 4.78 is 102. The van der Waals surface area contributed by atoms with Gasteiger partial charge in [-0.2, -0.15) is 18.3 Å². The minimum absolute atomic E-state index is 0.128. The van der Waals surface area contributed by atoms with E-state index >= 15 is 0 Å². The first-order chi connectivity index (χ1) is 17.5. The second-order valence-electron chi connectivity index (χ2n) is 7.24. The van der Waals surface area contributed by atoms with Crippen LogP contribution in [0, 0.1) is 11.6 Å². The molecule has 3 aromatic heterocycles. The predicted octanol–water partition coefficient (Wildman–Crippen LogP) is 5.52. The zero-order chi connectivity index (χ0) is 26.9. The highest BCUT2D eigenvalue weighted by Gasteiger charge is 2.41. The van der Waals surface area contributed by atoms with Gasteiger partial charge in [0.2, 0.25) is 0 Å². The van der Waals surface area contributed by atoms with E-state index in [0.29, 0.717) is 12.3 Å². The van der Waals surface area contributed by atoms with Crippen molar-refractivity contribution in [2.75, 3.05) is 11.1 Å². The minimum atomic E-state index is -5.15. The molecule has 3 N–H and O–H groups in total. The average Bonchev–Trinajstić information content (AvgIpc) is 3.27. The third-order valence-corrected chi connectivity index (χ3v) is 4.83. The zero-order valence-corrected chi connectivity index (χ0v) is 18.1. The van der Waals surface area contributed by atoms with Crippen molar-refractivity contribution in [2.45, 2.75) is 12.6 Å². The first kappa shape index (κ1) is 25.4. The Morgan fingerprint density at radius 3 is 2.43 bits per heavy atom. The lowest BCUT2D eigenvalue weighted by Gasteiger charge is -2.14. The number of amides is 1. The number of rotatable bonds is 6. The molecule has 192 valence electrons. The summed E-state index contributed by atoms with van der Waals surface area (Å²) in [5.74, 6) is -5.93. The van der Waals surface area contributed by atoms with E-state index in [1.807, 2.05) is 0 Å². The number of nitrogen functional groups attached to an aromatic ring is 1. The van der Waals surface area contributed by atoms with E-state index in [1.54, 1.807) is 0 Å². The number of nitrogens with one attached hydrogen (secondary N) is 1. The van der Waals surface area contributed by atoms with Crippen molar-refractivity contribution in [1.82, 2.24) is 19.7 Å². The smallest absolute Gasteiger partial charge is 0.434 e. The van der Waals surface area contributed by atoms with Gasteiger partial charge < -0.3 is 15.8 Å². The second-order valence-corrected chi connectivity index (χ2v) is 7.24. The van der Waals surface area contributed by atoms with Gasteiger partial charge >= 0.3 is 6.18 Å². The van der Waals surface area contributed by atoms with E-state index in [0.717, 1.165) is 42.7 Å². The van der Waals surface area contributed by atoms with Crippen LogP contribution in [0.4, 0.5) is 42.2 Å². The van der Waals surface area contributed by atoms with E-state index in [9.17, 15) is 35.5 Å². The minimum Gasteiger partial charge on any atom is -0.454 e. The fourth-order valence-electron chi connectivity index (χ4n) is 3.24. The number of hydrogen-bond acceptors (Lipinski definition) is 6. The number of benzene rings is 1. The molecule has 0 spiro atoms. The van der Waals surface area contributed by atoms with Crippen molar-refractivity contribution in [3.05, 3.63) is 83.4 Å². The van der Waals surface area contributed by atoms with Gasteiger partial charge in [0.15, 0.2) is 28.9 Å². The molecule has 1 aromatic carbocycles. The summed E-state index contributed by atoms with van der Waals surface area (Å²) in [4.78, 5) is 19.7. The van der Waals surface area contributed by atoms with Crippen LogP contribution in [-0.4, -0.2) is 25.7 Å². The molecule has 0 fully saturated rings. The third-order valence-electron chi connectivity index (χ3n) is 4.83. The molecule has 1 amide bonds. The third kappa shape index (κ3) is 5.14. The van der Waals surface area contributed by atoms with Crippen molar-refractivity contribution in [3.63, 3.8) is 0 Å². The van der Waals surface area contributed by atoms with E-state index in [4.69, 9.17) is 10.5 Å². The maximum Gasteiger partial charge on any atom is 0.434 e. The fourth-order valence-corrected chi connectivity index (χ4v) is 3.24. The quantitative estimate of drug-likeness (QED) is 0.320. The Morgan fingerprint density at radius 2 is 1.78 bits per heavy atom. The second kappa shape index (κ2) is 9.75. The van der Waals surface area contributed by atoms with Gasteiger partial charge in [0.25, 0.3) is 12.3 Å². The van der Waals surface area contributed by atoms with Gasteiger partial charge in [-0.3, -0.25) is 4.79 Å². The van der Waals surface area contributed by atoms with Gasteiger partial charge in [0.1, 0.15) is 17.1 Å². The van der Waals surface area contributed by atoms with Crippen LogP contribution in [0.25, 0.3) is 5.82 Å². The molecule has 4 aromatic rings. The SMILES string of the molecule is Nc1nccc(Oc2ccc(NC(=O)c3cnn(-c4ncccc4F)c3C(F)(F)F)cc2F)c1C(F)F. The first-order valence-electron chi connectivity index (χ1n) is 10.0. The molecule has 37 heavy (non-hydrogen) atoms. The summed E-state index contributed by atoms with van der Waals surface area (Å²) >= 11 is 0. The Balaban J connectivity index is 1.61. The van der Waals surface area contributed by atoms with Gasteiger partial charge in [-0.25, -0.2) is 32.2 Å². The van der Waals surface area contributed by atoms with Gasteiger partial charge in [0, 0.05) is 24.1 Å². The van der Waals surface area contributed by atoms with Crippen molar-refractivity contribution < 1.29 is 40.3 Å². The summed E-state index contributed by atoms with van der Waals surface area (Å²) in [5, 5.41) is 5.52. The van der Waals surface area contributed by atoms with E-state index in [-0.39, 0.29) is 10.4 Å². The molecule has 15 heteroatoms. The number of anilines is 2. The van der Waals surface area contributed by atoms with Crippen LogP contribution in [0.15, 0.2) is 55.0 Å². The summed E-state index contributed by atoms with van der Waals surface area (Å²) in [6.07, 6.45) is -5.56. The van der Waals surface area contributed by atoms with Gasteiger partial charge in [-0.1, -0.05) is 0 Å². The number of pyridine rings is 2. The van der Waals surface area contributed by atoms with Crippen LogP contribution in [0.3, 0.4) is 0 Å². The number of aromatic nitrogens is 4. The van der Waals surface area contributed by atoms with Crippen LogP contribution in [0.2, 0.25) is 0 Å². The van der Waals surface area contributed by atoms with Crippen LogP contribution in [0.5, 0.6) is 11.5 Å². The summed E-state index contributed by atoms with van der Waals surface area (Å²) in [7, 11) is 0. The fraction of sp³-hybridized carbons (Fsp3) is 0.0909. The molecule has 0 saturated carbocycles. The summed E-state index contributed by atoms with van der Waals surface area (Å²) in [6.45, 7) is 0. The van der Waals surface area contributed by atoms with Crippen molar-refractivity contribution in [1.29, 1.82) is 0 Å². The molecule has 0 saturated heterocycles. The average molecular weight is 526 g/mol. The Morgan fingerprint density at radius 1 is 1.03 bits per heavy atom. The highest BCUT2D eigenvalue weighted by Crippen LogP contribution is 2.37. The molecule has 8 nitrogen and oxygen atoms in total. The number of ether oxygens (including phenoxy) is 1. The highest BCUT2D eigenvalue weighted by molar-refractivity contribution is 6.05. The number of alkyl halides is 5. The molecule has 4 rings (SSSR count). The lowest BCUT2D eigenvalue weighted by molar-refractivity contribution is -0.143. The molecule has 0 unspecified atom stereocenters. The number of halogens is 7. The van der Waals surface area contributed by atoms with Gasteiger partial charge in [-0.15, -0.1) is 0 Å². The molecule has 0 aliphatic carbocycles. The molecule has 3 heterocycles. The lowest BCUT2D eigenvalue weighted by Crippen LogP contribution is -2.21. The monoisotopic (exact) mass is 526 g/mol. The molecule has 0 aliphatic rings. The number of nitrogens with zero attached hydrogens (tertiary/aromatic N) is 4. The van der Waals surface area contributed by atoms with Gasteiger partial charge in [0.05, 0.1) is 11.8 Å². The Hall–Kier alpha value is -4.69. The predicted molar refractivity (Wildman–Crippen MR) is 114 cm³/mol.